The number of aryl methyl sites for hydroxylation is 1. The van der Waals surface area contributed by atoms with Gasteiger partial charge in [0.05, 0.1) is 0 Å². The van der Waals surface area contributed by atoms with E-state index < -0.39 is 0 Å². The molecule has 0 radical (unpaired) electrons. The fourth-order valence-electron chi connectivity index (χ4n) is 2.00. The zero-order valence-corrected chi connectivity index (χ0v) is 9.39. The molecule has 0 spiro atoms. The number of nitrogens with zero attached hydrogens (tertiary/aromatic N) is 2. The Bertz CT molecular complexity index is 392. The Labute approximate surface area is 94.9 Å². The molecule has 16 heavy (non-hydrogen) atoms. The minimum Gasteiger partial charge on any atom is -0.396 e. The van der Waals surface area contributed by atoms with Gasteiger partial charge in [-0.1, -0.05) is 0 Å². The highest BCUT2D eigenvalue weighted by Gasteiger charge is 2.28. The lowest BCUT2D eigenvalue weighted by Gasteiger charge is -2.17. The second kappa shape index (κ2) is 4.61. The van der Waals surface area contributed by atoms with Crippen molar-refractivity contribution in [1.82, 2.24) is 9.88 Å². The lowest BCUT2D eigenvalue weighted by Crippen LogP contribution is -2.25. The van der Waals surface area contributed by atoms with Gasteiger partial charge in [-0.05, 0) is 24.1 Å². The van der Waals surface area contributed by atoms with Crippen molar-refractivity contribution in [2.24, 2.45) is 5.92 Å². The summed E-state index contributed by atoms with van der Waals surface area (Å²) in [7, 11) is 0. The molecule has 0 bridgehead atoms. The van der Waals surface area contributed by atoms with E-state index in [1.54, 1.807) is 17.3 Å². The summed E-state index contributed by atoms with van der Waals surface area (Å²) in [6.07, 6.45) is 4.02. The summed E-state index contributed by atoms with van der Waals surface area (Å²) in [6.45, 7) is 3.37. The van der Waals surface area contributed by atoms with Crippen LogP contribution in [-0.2, 0) is 11.3 Å². The SMILES string of the molecule is Cc1ccncc1CN1CC(CO)CC1=O. The van der Waals surface area contributed by atoms with E-state index in [1.807, 2.05) is 13.0 Å². The second-order valence-corrected chi connectivity index (χ2v) is 4.33. The number of likely N-dealkylation sites (tertiary alicyclic amines) is 1. The second-order valence-electron chi connectivity index (χ2n) is 4.33. The maximum Gasteiger partial charge on any atom is 0.223 e. The summed E-state index contributed by atoms with van der Waals surface area (Å²) in [5.41, 5.74) is 2.23. The van der Waals surface area contributed by atoms with Gasteiger partial charge in [0.25, 0.3) is 0 Å². The summed E-state index contributed by atoms with van der Waals surface area (Å²) in [4.78, 5) is 17.5. The molecule has 1 aliphatic rings. The molecule has 4 nitrogen and oxygen atoms in total. The molecule has 1 aliphatic heterocycles. The van der Waals surface area contributed by atoms with Gasteiger partial charge in [0.2, 0.25) is 5.91 Å². The molecule has 1 unspecified atom stereocenters. The Balaban J connectivity index is 2.06. The van der Waals surface area contributed by atoms with Gasteiger partial charge in [0, 0.05) is 44.4 Å². The predicted molar refractivity (Wildman–Crippen MR) is 59.6 cm³/mol. The number of pyridine rings is 1. The average molecular weight is 220 g/mol. The Morgan fingerprint density at radius 1 is 1.62 bits per heavy atom. The van der Waals surface area contributed by atoms with Crippen LogP contribution in [0.5, 0.6) is 0 Å². The van der Waals surface area contributed by atoms with E-state index >= 15 is 0 Å². The van der Waals surface area contributed by atoms with Crippen LogP contribution < -0.4 is 0 Å². The van der Waals surface area contributed by atoms with Crippen LogP contribution in [0.3, 0.4) is 0 Å². The third kappa shape index (κ3) is 2.22. The molecule has 0 saturated carbocycles. The van der Waals surface area contributed by atoms with Crippen LogP contribution in [0.25, 0.3) is 0 Å². The van der Waals surface area contributed by atoms with Gasteiger partial charge >= 0.3 is 0 Å². The van der Waals surface area contributed by atoms with Gasteiger partial charge in [-0.2, -0.15) is 0 Å². The molecular weight excluding hydrogens is 204 g/mol. The van der Waals surface area contributed by atoms with Crippen LogP contribution in [0.4, 0.5) is 0 Å². The Hall–Kier alpha value is -1.42. The fourth-order valence-corrected chi connectivity index (χ4v) is 2.00. The summed E-state index contributed by atoms with van der Waals surface area (Å²) >= 11 is 0. The van der Waals surface area contributed by atoms with Crippen LogP contribution in [0.15, 0.2) is 18.5 Å². The predicted octanol–water partition coefficient (Wildman–Crippen LogP) is 0.731. The van der Waals surface area contributed by atoms with E-state index in [9.17, 15) is 4.79 Å². The van der Waals surface area contributed by atoms with Crippen molar-refractivity contribution in [3.63, 3.8) is 0 Å². The third-order valence-corrected chi connectivity index (χ3v) is 3.06. The molecule has 1 aromatic rings. The summed E-state index contributed by atoms with van der Waals surface area (Å²) in [6, 6.07) is 1.94. The van der Waals surface area contributed by atoms with Crippen LogP contribution in [0.2, 0.25) is 0 Å². The zero-order chi connectivity index (χ0) is 11.5. The highest BCUT2D eigenvalue weighted by Crippen LogP contribution is 2.20. The first-order chi connectivity index (χ1) is 7.70. The molecule has 86 valence electrons. The van der Waals surface area contributed by atoms with Crippen molar-refractivity contribution in [3.8, 4) is 0 Å². The van der Waals surface area contributed by atoms with Crippen molar-refractivity contribution in [2.75, 3.05) is 13.2 Å². The summed E-state index contributed by atoms with van der Waals surface area (Å²) in [5, 5.41) is 9.03. The molecule has 1 N–H and O–H groups in total. The highest BCUT2D eigenvalue weighted by atomic mass is 16.3. The van der Waals surface area contributed by atoms with Gasteiger partial charge in [-0.3, -0.25) is 9.78 Å². The Morgan fingerprint density at radius 2 is 2.44 bits per heavy atom. The standard InChI is InChI=1S/C12H16N2O2/c1-9-2-3-13-5-11(9)7-14-6-10(8-15)4-12(14)16/h2-3,5,10,15H,4,6-8H2,1H3. The van der Waals surface area contributed by atoms with E-state index in [1.165, 1.54) is 0 Å². The number of aliphatic hydroxyl groups excluding tert-OH is 1. The fraction of sp³-hybridized carbons (Fsp3) is 0.500. The van der Waals surface area contributed by atoms with E-state index in [-0.39, 0.29) is 18.4 Å². The number of carbonyl (C=O) groups is 1. The Kier molecular flexibility index (Phi) is 3.19. The lowest BCUT2D eigenvalue weighted by molar-refractivity contribution is -0.128. The van der Waals surface area contributed by atoms with Gasteiger partial charge in [-0.25, -0.2) is 0 Å². The van der Waals surface area contributed by atoms with E-state index in [2.05, 4.69) is 4.98 Å². The number of aromatic nitrogens is 1. The molecule has 2 heterocycles. The molecule has 1 fully saturated rings. The van der Waals surface area contributed by atoms with E-state index in [4.69, 9.17) is 5.11 Å². The topological polar surface area (TPSA) is 53.4 Å². The molecule has 2 rings (SSSR count). The first kappa shape index (κ1) is 11.1. The third-order valence-electron chi connectivity index (χ3n) is 3.06. The van der Waals surface area contributed by atoms with Crippen LogP contribution in [-0.4, -0.2) is 34.0 Å². The van der Waals surface area contributed by atoms with Crippen LogP contribution in [0, 0.1) is 12.8 Å². The number of carbonyl (C=O) groups excluding carboxylic acids is 1. The number of hydrogen-bond donors (Lipinski definition) is 1. The number of amides is 1. The lowest BCUT2D eigenvalue weighted by atomic mass is 10.1. The first-order valence-electron chi connectivity index (χ1n) is 5.49. The maximum absolute atomic E-state index is 11.7. The van der Waals surface area contributed by atoms with Gasteiger partial charge in [0.1, 0.15) is 0 Å². The molecule has 1 saturated heterocycles. The number of hydrogen-bond acceptors (Lipinski definition) is 3. The zero-order valence-electron chi connectivity index (χ0n) is 9.39. The van der Waals surface area contributed by atoms with E-state index in [0.29, 0.717) is 19.5 Å². The maximum atomic E-state index is 11.7. The van der Waals surface area contributed by atoms with Crippen molar-refractivity contribution in [2.45, 2.75) is 19.9 Å². The van der Waals surface area contributed by atoms with Gasteiger partial charge < -0.3 is 10.0 Å². The monoisotopic (exact) mass is 220 g/mol. The van der Waals surface area contributed by atoms with Crippen LogP contribution >= 0.6 is 0 Å². The molecular formula is C12H16N2O2. The van der Waals surface area contributed by atoms with Gasteiger partial charge in [-0.15, -0.1) is 0 Å². The van der Waals surface area contributed by atoms with E-state index in [0.717, 1.165) is 11.1 Å². The minimum absolute atomic E-state index is 0.0915. The van der Waals surface area contributed by atoms with Crippen molar-refractivity contribution >= 4 is 5.91 Å². The molecule has 0 aliphatic carbocycles. The Morgan fingerprint density at radius 3 is 3.06 bits per heavy atom. The van der Waals surface area contributed by atoms with Crippen molar-refractivity contribution < 1.29 is 9.90 Å². The van der Waals surface area contributed by atoms with Crippen molar-refractivity contribution in [1.29, 1.82) is 0 Å². The molecule has 4 heteroatoms. The molecule has 1 amide bonds. The smallest absolute Gasteiger partial charge is 0.223 e. The summed E-state index contributed by atoms with van der Waals surface area (Å²) in [5.74, 6) is 0.229. The molecule has 1 atom stereocenters. The number of rotatable bonds is 3. The molecule has 0 aromatic carbocycles. The number of aliphatic hydroxyl groups is 1. The minimum atomic E-state index is 0.0915. The molecule has 1 aromatic heterocycles. The van der Waals surface area contributed by atoms with Gasteiger partial charge in [0.15, 0.2) is 0 Å². The largest absolute Gasteiger partial charge is 0.396 e. The average Bonchev–Trinajstić information content (AvgIpc) is 2.63. The quantitative estimate of drug-likeness (QED) is 0.817. The normalized spacial score (nSPS) is 20.5. The first-order valence-corrected chi connectivity index (χ1v) is 5.49. The van der Waals surface area contributed by atoms with Crippen molar-refractivity contribution in [3.05, 3.63) is 29.6 Å². The summed E-state index contributed by atoms with van der Waals surface area (Å²) < 4.78 is 0. The highest BCUT2D eigenvalue weighted by molar-refractivity contribution is 5.78. The van der Waals surface area contributed by atoms with Crippen LogP contribution in [0.1, 0.15) is 17.5 Å².